The van der Waals surface area contributed by atoms with E-state index in [1.54, 1.807) is 0 Å². The molecule has 0 fully saturated rings. The van der Waals surface area contributed by atoms with Crippen LogP contribution in [0.2, 0.25) is 0 Å². The van der Waals surface area contributed by atoms with Gasteiger partial charge in [-0.25, -0.2) is 0 Å². The van der Waals surface area contributed by atoms with Crippen LogP contribution in [0, 0.1) is 13.8 Å². The van der Waals surface area contributed by atoms with Crippen molar-refractivity contribution >= 4 is 22.8 Å². The van der Waals surface area contributed by atoms with Gasteiger partial charge < -0.3 is 4.90 Å². The van der Waals surface area contributed by atoms with Gasteiger partial charge in [0.25, 0.3) is 0 Å². The summed E-state index contributed by atoms with van der Waals surface area (Å²) < 4.78 is 0. The molecule has 0 aromatic heterocycles. The van der Waals surface area contributed by atoms with Crippen molar-refractivity contribution in [2.45, 2.75) is 20.3 Å². The molecular formula is C30H27NO. The molecule has 4 aromatic rings. The van der Waals surface area contributed by atoms with Gasteiger partial charge in [-0.15, -0.1) is 0 Å². The molecule has 2 heteroatoms. The van der Waals surface area contributed by atoms with Crippen LogP contribution < -0.4 is 4.90 Å². The van der Waals surface area contributed by atoms with Crippen LogP contribution in [0.5, 0.6) is 0 Å². The first-order valence-corrected chi connectivity index (χ1v) is 10.8. The molecule has 0 amide bonds. The largest absolute Gasteiger partial charge is 0.310 e. The van der Waals surface area contributed by atoms with Crippen LogP contribution in [0.25, 0.3) is 11.1 Å². The summed E-state index contributed by atoms with van der Waals surface area (Å²) in [5, 5.41) is 0. The van der Waals surface area contributed by atoms with E-state index in [1.807, 2.05) is 12.1 Å². The molecule has 0 aliphatic rings. The Labute approximate surface area is 190 Å². The minimum Gasteiger partial charge on any atom is -0.310 e. The maximum Gasteiger partial charge on any atom is 0.159 e. The van der Waals surface area contributed by atoms with Gasteiger partial charge in [0, 0.05) is 23.5 Å². The highest BCUT2D eigenvalue weighted by atomic mass is 16.1. The molecule has 4 rings (SSSR count). The number of carbonyl (C=O) groups is 1. The molecule has 32 heavy (non-hydrogen) atoms. The third-order valence-corrected chi connectivity index (χ3v) is 5.54. The van der Waals surface area contributed by atoms with E-state index in [9.17, 15) is 4.79 Å². The number of hydrogen-bond acceptors (Lipinski definition) is 2. The number of allylic oxidation sites excluding steroid dienone is 1. The summed E-state index contributed by atoms with van der Waals surface area (Å²) in [6, 6.07) is 33.9. The van der Waals surface area contributed by atoms with E-state index in [1.165, 1.54) is 17.2 Å². The van der Waals surface area contributed by atoms with E-state index in [2.05, 4.69) is 110 Å². The van der Waals surface area contributed by atoms with Gasteiger partial charge in [-0.2, -0.15) is 0 Å². The number of anilines is 3. The van der Waals surface area contributed by atoms with Crippen LogP contribution in [0.4, 0.5) is 17.1 Å². The van der Waals surface area contributed by atoms with Crippen LogP contribution >= 0.6 is 0 Å². The number of carbonyl (C=O) groups excluding carboxylic acids is 1. The summed E-state index contributed by atoms with van der Waals surface area (Å²) in [5.74, 6) is 0.0366. The van der Waals surface area contributed by atoms with Crippen molar-refractivity contribution in [1.29, 1.82) is 0 Å². The number of ketones is 1. The molecule has 0 aliphatic heterocycles. The lowest BCUT2D eigenvalue weighted by Gasteiger charge is -2.26. The SMILES string of the molecule is C=CC(=O)Cc1ccc(-c2ccc(N(c3cccc(C)c3)c3cccc(C)c3)cc2)cc1. The highest BCUT2D eigenvalue weighted by Crippen LogP contribution is 2.36. The van der Waals surface area contributed by atoms with Crippen molar-refractivity contribution in [2.75, 3.05) is 4.90 Å². The second-order valence-corrected chi connectivity index (χ2v) is 8.10. The Morgan fingerprint density at radius 3 is 1.69 bits per heavy atom. The molecular weight excluding hydrogens is 390 g/mol. The lowest BCUT2D eigenvalue weighted by atomic mass is 10.0. The molecule has 0 bridgehead atoms. The molecule has 0 N–H and O–H groups in total. The van der Waals surface area contributed by atoms with Crippen LogP contribution in [0.1, 0.15) is 16.7 Å². The monoisotopic (exact) mass is 417 g/mol. The van der Waals surface area contributed by atoms with Crippen LogP contribution in [0.15, 0.2) is 110 Å². The van der Waals surface area contributed by atoms with Crippen molar-refractivity contribution in [3.8, 4) is 11.1 Å². The molecule has 0 atom stereocenters. The lowest BCUT2D eigenvalue weighted by molar-refractivity contribution is -0.114. The van der Waals surface area contributed by atoms with Gasteiger partial charge in [0.05, 0.1) is 0 Å². The van der Waals surface area contributed by atoms with Gasteiger partial charge in [0.15, 0.2) is 5.78 Å². The predicted molar refractivity (Wildman–Crippen MR) is 135 cm³/mol. The minimum absolute atomic E-state index is 0.0366. The summed E-state index contributed by atoms with van der Waals surface area (Å²) in [6.45, 7) is 7.78. The summed E-state index contributed by atoms with van der Waals surface area (Å²) in [5.41, 5.74) is 9.11. The van der Waals surface area contributed by atoms with Gasteiger partial charge in [-0.05, 0) is 84.1 Å². The van der Waals surface area contributed by atoms with Gasteiger partial charge in [-0.1, -0.05) is 67.2 Å². The Morgan fingerprint density at radius 1 is 0.719 bits per heavy atom. The number of hydrogen-bond donors (Lipinski definition) is 0. The van der Waals surface area contributed by atoms with Gasteiger partial charge in [-0.3, -0.25) is 4.79 Å². The smallest absolute Gasteiger partial charge is 0.159 e. The van der Waals surface area contributed by atoms with Gasteiger partial charge in [0.2, 0.25) is 0 Å². The zero-order valence-corrected chi connectivity index (χ0v) is 18.6. The molecule has 0 radical (unpaired) electrons. The first-order valence-electron chi connectivity index (χ1n) is 10.8. The van der Waals surface area contributed by atoms with E-state index in [4.69, 9.17) is 0 Å². The second-order valence-electron chi connectivity index (χ2n) is 8.10. The molecule has 0 saturated heterocycles. The molecule has 0 unspecified atom stereocenters. The Balaban J connectivity index is 1.66. The van der Waals surface area contributed by atoms with Crippen molar-refractivity contribution in [1.82, 2.24) is 0 Å². The number of aryl methyl sites for hydroxylation is 2. The molecule has 4 aromatic carbocycles. The van der Waals surface area contributed by atoms with E-state index in [0.29, 0.717) is 6.42 Å². The van der Waals surface area contributed by atoms with Crippen LogP contribution in [-0.2, 0) is 11.2 Å². The predicted octanol–water partition coefficient (Wildman–Crippen LogP) is 7.74. The fourth-order valence-electron chi connectivity index (χ4n) is 3.87. The highest BCUT2D eigenvalue weighted by molar-refractivity contribution is 5.91. The van der Waals surface area contributed by atoms with Crippen molar-refractivity contribution < 1.29 is 4.79 Å². The fourth-order valence-corrected chi connectivity index (χ4v) is 3.87. The van der Waals surface area contributed by atoms with Gasteiger partial charge >= 0.3 is 0 Å². The normalized spacial score (nSPS) is 10.6. The quantitative estimate of drug-likeness (QED) is 0.287. The summed E-state index contributed by atoms with van der Waals surface area (Å²) in [6.07, 6.45) is 1.77. The molecule has 0 aliphatic carbocycles. The zero-order valence-electron chi connectivity index (χ0n) is 18.6. The van der Waals surface area contributed by atoms with Crippen LogP contribution in [-0.4, -0.2) is 5.78 Å². The minimum atomic E-state index is 0.0366. The maximum atomic E-state index is 11.6. The van der Waals surface area contributed by atoms with Crippen molar-refractivity contribution in [3.63, 3.8) is 0 Å². The Bertz CT molecular complexity index is 1190. The highest BCUT2D eigenvalue weighted by Gasteiger charge is 2.13. The Kier molecular flexibility index (Phi) is 6.32. The van der Waals surface area contributed by atoms with E-state index in [-0.39, 0.29) is 5.78 Å². The first-order chi connectivity index (χ1) is 15.5. The molecule has 0 spiro atoms. The summed E-state index contributed by atoms with van der Waals surface area (Å²) >= 11 is 0. The Hall–Kier alpha value is -3.91. The molecule has 0 saturated carbocycles. The second kappa shape index (κ2) is 9.49. The van der Waals surface area contributed by atoms with Gasteiger partial charge in [0.1, 0.15) is 0 Å². The third kappa shape index (κ3) is 4.87. The van der Waals surface area contributed by atoms with E-state index in [0.717, 1.165) is 33.8 Å². The summed E-state index contributed by atoms with van der Waals surface area (Å²) in [7, 11) is 0. The molecule has 2 nitrogen and oxygen atoms in total. The first kappa shape index (κ1) is 21.3. The molecule has 158 valence electrons. The fraction of sp³-hybridized carbons (Fsp3) is 0.100. The topological polar surface area (TPSA) is 20.3 Å². The Morgan fingerprint density at radius 2 is 1.22 bits per heavy atom. The average molecular weight is 418 g/mol. The molecule has 0 heterocycles. The standard InChI is InChI=1S/C30H27NO/c1-4-30(32)21-24-11-13-25(14-12-24)26-15-17-27(18-16-26)31(28-9-5-7-22(2)19-28)29-10-6-8-23(3)20-29/h4-20H,1,21H2,2-3H3. The number of nitrogens with zero attached hydrogens (tertiary/aromatic N) is 1. The maximum absolute atomic E-state index is 11.6. The summed E-state index contributed by atoms with van der Waals surface area (Å²) in [4.78, 5) is 13.9. The lowest BCUT2D eigenvalue weighted by Crippen LogP contribution is -2.10. The number of rotatable bonds is 7. The average Bonchev–Trinajstić information content (AvgIpc) is 2.80. The van der Waals surface area contributed by atoms with Crippen molar-refractivity contribution in [3.05, 3.63) is 126 Å². The third-order valence-electron chi connectivity index (χ3n) is 5.54. The number of benzene rings is 4. The van der Waals surface area contributed by atoms with E-state index >= 15 is 0 Å². The van der Waals surface area contributed by atoms with E-state index < -0.39 is 0 Å². The van der Waals surface area contributed by atoms with Crippen LogP contribution in [0.3, 0.4) is 0 Å². The van der Waals surface area contributed by atoms with Crippen molar-refractivity contribution in [2.24, 2.45) is 0 Å². The zero-order chi connectivity index (χ0) is 22.5.